The summed E-state index contributed by atoms with van der Waals surface area (Å²) in [6.45, 7) is 2.44. The van der Waals surface area contributed by atoms with E-state index in [0.717, 1.165) is 11.7 Å². The second-order valence-electron chi connectivity index (χ2n) is 5.38. The van der Waals surface area contributed by atoms with Crippen LogP contribution in [0.25, 0.3) is 0 Å². The van der Waals surface area contributed by atoms with Gasteiger partial charge in [-0.2, -0.15) is 4.98 Å². The Bertz CT molecular complexity index is 343. The van der Waals surface area contributed by atoms with Gasteiger partial charge >= 0.3 is 0 Å². The molecule has 1 aliphatic rings. The molecule has 2 rings (SSSR count). The number of nitrogens with zero attached hydrogens (tertiary/aromatic N) is 2. The Hall–Kier alpha value is -0.900. The summed E-state index contributed by atoms with van der Waals surface area (Å²) in [6.07, 6.45) is 9.05. The maximum Gasteiger partial charge on any atom is 0.226 e. The minimum absolute atomic E-state index is 0.180. The van der Waals surface area contributed by atoms with Gasteiger partial charge in [-0.3, -0.25) is 0 Å². The van der Waals surface area contributed by atoms with Gasteiger partial charge < -0.3 is 9.63 Å². The van der Waals surface area contributed by atoms with E-state index in [0.29, 0.717) is 24.7 Å². The summed E-state index contributed by atoms with van der Waals surface area (Å²) < 4.78 is 5.22. The van der Waals surface area contributed by atoms with Crippen molar-refractivity contribution in [3.8, 4) is 0 Å². The van der Waals surface area contributed by atoms with Gasteiger partial charge in [-0.15, -0.1) is 0 Å². The summed E-state index contributed by atoms with van der Waals surface area (Å²) in [5, 5.41) is 12.9. The molecule has 0 bridgehead atoms. The van der Waals surface area contributed by atoms with E-state index in [2.05, 4.69) is 17.1 Å². The van der Waals surface area contributed by atoms with Crippen molar-refractivity contribution in [2.75, 3.05) is 6.61 Å². The zero-order chi connectivity index (χ0) is 12.8. The minimum Gasteiger partial charge on any atom is -0.396 e. The SMILES string of the molecule is CCCC1CCC(c2noc(CCCO)n2)CC1. The maximum atomic E-state index is 8.77. The van der Waals surface area contributed by atoms with E-state index in [9.17, 15) is 0 Å². The molecule has 0 spiro atoms. The first kappa shape index (κ1) is 13.5. The van der Waals surface area contributed by atoms with Gasteiger partial charge in [0.25, 0.3) is 0 Å². The minimum atomic E-state index is 0.180. The zero-order valence-electron chi connectivity index (χ0n) is 11.3. The molecule has 0 radical (unpaired) electrons. The molecular formula is C14H24N2O2. The van der Waals surface area contributed by atoms with Crippen LogP contribution in [0.2, 0.25) is 0 Å². The fraction of sp³-hybridized carbons (Fsp3) is 0.857. The number of hydrogen-bond acceptors (Lipinski definition) is 4. The first-order valence-corrected chi connectivity index (χ1v) is 7.26. The first-order chi connectivity index (χ1) is 8.83. The molecule has 1 aromatic rings. The summed E-state index contributed by atoms with van der Waals surface area (Å²) in [6, 6.07) is 0. The summed E-state index contributed by atoms with van der Waals surface area (Å²) in [5.41, 5.74) is 0. The van der Waals surface area contributed by atoms with Crippen LogP contribution in [0.4, 0.5) is 0 Å². The van der Waals surface area contributed by atoms with Crippen LogP contribution in [0.1, 0.15) is 69.5 Å². The van der Waals surface area contributed by atoms with Crippen LogP contribution in [0.15, 0.2) is 4.52 Å². The van der Waals surface area contributed by atoms with E-state index in [1.807, 2.05) is 0 Å². The normalized spacial score (nSPS) is 24.3. The van der Waals surface area contributed by atoms with Gasteiger partial charge in [0.2, 0.25) is 5.89 Å². The molecule has 4 nitrogen and oxygen atoms in total. The van der Waals surface area contributed by atoms with Crippen molar-refractivity contribution in [3.05, 3.63) is 11.7 Å². The summed E-state index contributed by atoms with van der Waals surface area (Å²) in [5.74, 6) is 2.96. The van der Waals surface area contributed by atoms with Crippen molar-refractivity contribution in [1.82, 2.24) is 10.1 Å². The quantitative estimate of drug-likeness (QED) is 0.845. The van der Waals surface area contributed by atoms with Gasteiger partial charge in [-0.1, -0.05) is 24.9 Å². The van der Waals surface area contributed by atoms with Crippen molar-refractivity contribution in [1.29, 1.82) is 0 Å². The van der Waals surface area contributed by atoms with Gasteiger partial charge in [0.05, 0.1) is 0 Å². The standard InChI is InChI=1S/C14H24N2O2/c1-2-4-11-6-8-12(9-7-11)14-15-13(18-16-14)5-3-10-17/h11-12,17H,2-10H2,1H3. The maximum absolute atomic E-state index is 8.77. The number of hydrogen-bond donors (Lipinski definition) is 1. The van der Waals surface area contributed by atoms with E-state index in [-0.39, 0.29) is 6.61 Å². The van der Waals surface area contributed by atoms with Gasteiger partial charge in [-0.25, -0.2) is 0 Å². The van der Waals surface area contributed by atoms with Crippen molar-refractivity contribution in [2.45, 2.75) is 64.2 Å². The molecule has 1 fully saturated rings. The monoisotopic (exact) mass is 252 g/mol. The molecule has 1 aliphatic carbocycles. The molecule has 0 saturated heterocycles. The van der Waals surface area contributed by atoms with Crippen LogP contribution in [-0.4, -0.2) is 21.9 Å². The van der Waals surface area contributed by atoms with Crippen LogP contribution < -0.4 is 0 Å². The van der Waals surface area contributed by atoms with Crippen molar-refractivity contribution >= 4 is 0 Å². The Balaban J connectivity index is 1.83. The topological polar surface area (TPSA) is 59.2 Å². The highest BCUT2D eigenvalue weighted by atomic mass is 16.5. The Labute approximate surface area is 109 Å². The number of aliphatic hydroxyl groups is 1. The van der Waals surface area contributed by atoms with Crippen molar-refractivity contribution in [3.63, 3.8) is 0 Å². The molecule has 0 aliphatic heterocycles. The van der Waals surface area contributed by atoms with E-state index >= 15 is 0 Å². The molecule has 0 unspecified atom stereocenters. The van der Waals surface area contributed by atoms with Crippen LogP contribution in [0.5, 0.6) is 0 Å². The molecule has 1 N–H and O–H groups in total. The number of aromatic nitrogens is 2. The third-order valence-electron chi connectivity index (χ3n) is 3.94. The Kier molecular flexibility index (Phi) is 5.17. The predicted molar refractivity (Wildman–Crippen MR) is 69.3 cm³/mol. The molecule has 1 aromatic heterocycles. The number of aliphatic hydroxyl groups excluding tert-OH is 1. The Morgan fingerprint density at radius 1 is 1.28 bits per heavy atom. The third-order valence-corrected chi connectivity index (χ3v) is 3.94. The van der Waals surface area contributed by atoms with E-state index in [1.165, 1.54) is 38.5 Å². The van der Waals surface area contributed by atoms with Crippen molar-refractivity contribution < 1.29 is 9.63 Å². The van der Waals surface area contributed by atoms with Crippen LogP contribution in [0, 0.1) is 5.92 Å². The van der Waals surface area contributed by atoms with Gasteiger partial charge in [0.1, 0.15) is 0 Å². The summed E-state index contributed by atoms with van der Waals surface area (Å²) >= 11 is 0. The summed E-state index contributed by atoms with van der Waals surface area (Å²) in [4.78, 5) is 4.45. The molecule has 0 aromatic carbocycles. The molecule has 4 heteroatoms. The Morgan fingerprint density at radius 3 is 2.72 bits per heavy atom. The number of rotatable bonds is 6. The molecular weight excluding hydrogens is 228 g/mol. The van der Waals surface area contributed by atoms with Crippen LogP contribution in [0.3, 0.4) is 0 Å². The van der Waals surface area contributed by atoms with E-state index < -0.39 is 0 Å². The van der Waals surface area contributed by atoms with Gasteiger partial charge in [0, 0.05) is 18.9 Å². The smallest absolute Gasteiger partial charge is 0.226 e. The van der Waals surface area contributed by atoms with Crippen LogP contribution in [-0.2, 0) is 6.42 Å². The van der Waals surface area contributed by atoms with Crippen molar-refractivity contribution in [2.24, 2.45) is 5.92 Å². The molecule has 1 heterocycles. The molecule has 1 saturated carbocycles. The second-order valence-corrected chi connectivity index (χ2v) is 5.38. The molecule has 102 valence electrons. The highest BCUT2D eigenvalue weighted by Gasteiger charge is 2.25. The average Bonchev–Trinajstić information content (AvgIpc) is 2.86. The lowest BCUT2D eigenvalue weighted by atomic mass is 9.80. The lowest BCUT2D eigenvalue weighted by Crippen LogP contribution is -2.14. The highest BCUT2D eigenvalue weighted by molar-refractivity contribution is 4.97. The first-order valence-electron chi connectivity index (χ1n) is 7.26. The van der Waals surface area contributed by atoms with Gasteiger partial charge in [0.15, 0.2) is 5.82 Å². The number of aryl methyl sites for hydroxylation is 1. The molecule has 0 amide bonds. The predicted octanol–water partition coefficient (Wildman–Crippen LogP) is 3.07. The fourth-order valence-electron chi connectivity index (χ4n) is 2.88. The summed E-state index contributed by atoms with van der Waals surface area (Å²) in [7, 11) is 0. The lowest BCUT2D eigenvalue weighted by molar-refractivity contribution is 0.276. The molecule has 0 atom stereocenters. The van der Waals surface area contributed by atoms with Gasteiger partial charge in [-0.05, 0) is 38.0 Å². The third kappa shape index (κ3) is 3.55. The highest BCUT2D eigenvalue weighted by Crippen LogP contribution is 2.36. The Morgan fingerprint density at radius 2 is 2.06 bits per heavy atom. The lowest BCUT2D eigenvalue weighted by Gasteiger charge is -2.26. The second kappa shape index (κ2) is 6.88. The average molecular weight is 252 g/mol. The zero-order valence-corrected chi connectivity index (χ0v) is 11.3. The fourth-order valence-corrected chi connectivity index (χ4v) is 2.88. The largest absolute Gasteiger partial charge is 0.396 e. The van der Waals surface area contributed by atoms with Crippen LogP contribution >= 0.6 is 0 Å². The van der Waals surface area contributed by atoms with E-state index in [1.54, 1.807) is 0 Å². The van der Waals surface area contributed by atoms with E-state index in [4.69, 9.17) is 9.63 Å². The molecule has 18 heavy (non-hydrogen) atoms.